The molecule has 0 radical (unpaired) electrons. The van der Waals surface area contributed by atoms with Crippen LogP contribution in [-0.4, -0.2) is 55.4 Å². The van der Waals surface area contributed by atoms with Crippen molar-refractivity contribution in [3.63, 3.8) is 0 Å². The number of aliphatic hydroxyl groups excluding tert-OH is 1. The molecule has 1 aliphatic heterocycles. The highest BCUT2D eigenvalue weighted by Gasteiger charge is 2.14. The smallest absolute Gasteiger partial charge is 0.262 e. The number of rotatable bonds is 9. The van der Waals surface area contributed by atoms with Crippen LogP contribution in [-0.2, 0) is 16.0 Å². The molecule has 29 heavy (non-hydrogen) atoms. The molecule has 2 aromatic carbocycles. The van der Waals surface area contributed by atoms with Gasteiger partial charge in [0.1, 0.15) is 5.75 Å². The summed E-state index contributed by atoms with van der Waals surface area (Å²) >= 11 is 0. The minimum absolute atomic E-state index is 0.0446. The molecule has 0 spiro atoms. The van der Waals surface area contributed by atoms with Gasteiger partial charge in [-0.2, -0.15) is 0 Å². The van der Waals surface area contributed by atoms with E-state index >= 15 is 0 Å². The molecule has 0 aliphatic carbocycles. The number of nitrogens with zero attached hydrogens (tertiary/aromatic N) is 1. The molecular weight excluding hydrogens is 368 g/mol. The summed E-state index contributed by atoms with van der Waals surface area (Å²) in [7, 11) is 0. The zero-order chi connectivity index (χ0) is 20.5. The largest absolute Gasteiger partial charge is 0.484 e. The Morgan fingerprint density at radius 3 is 2.69 bits per heavy atom. The Labute approximate surface area is 172 Å². The van der Waals surface area contributed by atoms with Crippen LogP contribution in [0.2, 0.25) is 0 Å². The highest BCUT2D eigenvalue weighted by Crippen LogP contribution is 2.20. The maximum absolute atomic E-state index is 12.1. The number of ether oxygens (including phenoxy) is 2. The average Bonchev–Trinajstić information content (AvgIpc) is 2.77. The van der Waals surface area contributed by atoms with Crippen LogP contribution in [0, 0.1) is 0 Å². The van der Waals surface area contributed by atoms with Crippen LogP contribution in [0.5, 0.6) is 5.75 Å². The van der Waals surface area contributed by atoms with E-state index < -0.39 is 6.10 Å². The van der Waals surface area contributed by atoms with Crippen LogP contribution in [0.1, 0.15) is 30.6 Å². The van der Waals surface area contributed by atoms with Crippen LogP contribution < -0.4 is 10.1 Å². The standard InChI is InChI=1S/C23H30N2O4/c1-2-18-4-3-5-21(16-18)29-17-23(27)24-20-8-6-19(7-9-20)22(26)10-11-25-12-14-28-15-13-25/h3-9,16,22,26H,2,10-15,17H2,1H3,(H,24,27). The maximum Gasteiger partial charge on any atom is 0.262 e. The fourth-order valence-electron chi connectivity index (χ4n) is 3.29. The summed E-state index contributed by atoms with van der Waals surface area (Å²) in [5.74, 6) is 0.478. The highest BCUT2D eigenvalue weighted by atomic mass is 16.5. The van der Waals surface area contributed by atoms with Gasteiger partial charge in [0.2, 0.25) is 0 Å². The van der Waals surface area contributed by atoms with Gasteiger partial charge in [-0.25, -0.2) is 0 Å². The van der Waals surface area contributed by atoms with Crippen LogP contribution >= 0.6 is 0 Å². The van der Waals surface area contributed by atoms with Crippen molar-refractivity contribution in [1.82, 2.24) is 4.90 Å². The van der Waals surface area contributed by atoms with Gasteiger partial charge < -0.3 is 19.9 Å². The summed E-state index contributed by atoms with van der Waals surface area (Å²) in [4.78, 5) is 14.4. The summed E-state index contributed by atoms with van der Waals surface area (Å²) in [5, 5.41) is 13.2. The van der Waals surface area contributed by atoms with Crippen molar-refractivity contribution < 1.29 is 19.4 Å². The number of carbonyl (C=O) groups is 1. The number of carbonyl (C=O) groups excluding carboxylic acids is 1. The predicted octanol–water partition coefficient (Wildman–Crippen LogP) is 3.02. The molecule has 6 heteroatoms. The first-order valence-electron chi connectivity index (χ1n) is 10.2. The zero-order valence-electron chi connectivity index (χ0n) is 17.0. The normalized spacial score (nSPS) is 15.7. The number of hydrogen-bond acceptors (Lipinski definition) is 5. The summed E-state index contributed by atoms with van der Waals surface area (Å²) in [6.07, 6.45) is 1.08. The number of morpholine rings is 1. The minimum atomic E-state index is -0.517. The third-order valence-electron chi connectivity index (χ3n) is 5.08. The topological polar surface area (TPSA) is 71.0 Å². The predicted molar refractivity (Wildman–Crippen MR) is 113 cm³/mol. The van der Waals surface area contributed by atoms with E-state index in [0.717, 1.165) is 44.8 Å². The van der Waals surface area contributed by atoms with Gasteiger partial charge in [-0.3, -0.25) is 9.69 Å². The molecule has 6 nitrogen and oxygen atoms in total. The zero-order valence-corrected chi connectivity index (χ0v) is 17.0. The Bertz CT molecular complexity index is 773. The van der Waals surface area contributed by atoms with Crippen LogP contribution in [0.4, 0.5) is 5.69 Å². The Hall–Kier alpha value is -2.41. The fourth-order valence-corrected chi connectivity index (χ4v) is 3.29. The van der Waals surface area contributed by atoms with E-state index in [9.17, 15) is 9.90 Å². The molecule has 1 aliphatic rings. The first kappa shape index (κ1) is 21.3. The maximum atomic E-state index is 12.1. The Balaban J connectivity index is 1.43. The van der Waals surface area contributed by atoms with Gasteiger partial charge >= 0.3 is 0 Å². The number of benzene rings is 2. The molecule has 1 fully saturated rings. The van der Waals surface area contributed by atoms with E-state index in [4.69, 9.17) is 9.47 Å². The molecule has 0 aromatic heterocycles. The molecule has 0 saturated carbocycles. The quantitative estimate of drug-likeness (QED) is 0.679. The second-order valence-electron chi connectivity index (χ2n) is 7.22. The number of amides is 1. The Morgan fingerprint density at radius 1 is 1.21 bits per heavy atom. The number of nitrogens with one attached hydrogen (secondary N) is 1. The van der Waals surface area contributed by atoms with Crippen molar-refractivity contribution >= 4 is 11.6 Å². The summed E-state index contributed by atoms with van der Waals surface area (Å²) in [5.41, 5.74) is 2.71. The molecular formula is C23H30N2O4. The van der Waals surface area contributed by atoms with Crippen molar-refractivity contribution in [3.05, 3.63) is 59.7 Å². The van der Waals surface area contributed by atoms with E-state index in [1.165, 1.54) is 5.56 Å². The summed E-state index contributed by atoms with van der Waals surface area (Å²) in [6, 6.07) is 15.1. The molecule has 2 N–H and O–H groups in total. The highest BCUT2D eigenvalue weighted by molar-refractivity contribution is 5.91. The van der Waals surface area contributed by atoms with Crippen LogP contribution in [0.25, 0.3) is 0 Å². The third-order valence-corrected chi connectivity index (χ3v) is 5.08. The first-order chi connectivity index (χ1) is 14.1. The fraction of sp³-hybridized carbons (Fsp3) is 0.435. The van der Waals surface area contributed by atoms with E-state index in [1.54, 1.807) is 0 Å². The summed E-state index contributed by atoms with van der Waals surface area (Å²) in [6.45, 7) is 6.24. The van der Waals surface area contributed by atoms with Crippen molar-refractivity contribution in [2.75, 3.05) is 44.8 Å². The van der Waals surface area contributed by atoms with Crippen molar-refractivity contribution in [2.45, 2.75) is 25.9 Å². The molecule has 3 rings (SSSR count). The summed E-state index contributed by atoms with van der Waals surface area (Å²) < 4.78 is 10.9. The van der Waals surface area contributed by atoms with Crippen LogP contribution in [0.3, 0.4) is 0 Å². The Kier molecular flexibility index (Phi) is 8.04. The van der Waals surface area contributed by atoms with Gasteiger partial charge in [0.25, 0.3) is 5.91 Å². The second-order valence-corrected chi connectivity index (χ2v) is 7.22. The van der Waals surface area contributed by atoms with Crippen molar-refractivity contribution in [2.24, 2.45) is 0 Å². The van der Waals surface area contributed by atoms with Gasteiger partial charge in [0.05, 0.1) is 19.3 Å². The van der Waals surface area contributed by atoms with Gasteiger partial charge in [-0.05, 0) is 48.2 Å². The van der Waals surface area contributed by atoms with E-state index in [2.05, 4.69) is 17.1 Å². The van der Waals surface area contributed by atoms with Crippen molar-refractivity contribution in [3.8, 4) is 5.75 Å². The minimum Gasteiger partial charge on any atom is -0.484 e. The molecule has 1 saturated heterocycles. The number of anilines is 1. The molecule has 1 amide bonds. The SMILES string of the molecule is CCc1cccc(OCC(=O)Nc2ccc(C(O)CCN3CCOCC3)cc2)c1. The second kappa shape index (κ2) is 11.0. The lowest BCUT2D eigenvalue weighted by Gasteiger charge is -2.27. The lowest BCUT2D eigenvalue weighted by Crippen LogP contribution is -2.37. The number of aryl methyl sites for hydroxylation is 1. The molecule has 2 aromatic rings. The molecule has 156 valence electrons. The van der Waals surface area contributed by atoms with Gasteiger partial charge in [0.15, 0.2) is 6.61 Å². The monoisotopic (exact) mass is 398 g/mol. The van der Waals surface area contributed by atoms with E-state index in [-0.39, 0.29) is 12.5 Å². The van der Waals surface area contributed by atoms with Crippen LogP contribution in [0.15, 0.2) is 48.5 Å². The third kappa shape index (κ3) is 6.85. The lowest BCUT2D eigenvalue weighted by molar-refractivity contribution is -0.118. The number of aliphatic hydroxyl groups is 1. The molecule has 1 atom stereocenters. The van der Waals surface area contributed by atoms with Gasteiger partial charge in [0, 0.05) is 25.3 Å². The van der Waals surface area contributed by atoms with E-state index in [1.807, 2.05) is 48.5 Å². The van der Waals surface area contributed by atoms with E-state index in [0.29, 0.717) is 17.9 Å². The number of hydrogen-bond donors (Lipinski definition) is 2. The lowest BCUT2D eigenvalue weighted by atomic mass is 10.1. The molecule has 1 heterocycles. The molecule has 0 bridgehead atoms. The molecule has 1 unspecified atom stereocenters. The Morgan fingerprint density at radius 2 is 1.97 bits per heavy atom. The van der Waals surface area contributed by atoms with Crippen molar-refractivity contribution in [1.29, 1.82) is 0 Å². The first-order valence-corrected chi connectivity index (χ1v) is 10.2. The van der Waals surface area contributed by atoms with Gasteiger partial charge in [-0.15, -0.1) is 0 Å². The van der Waals surface area contributed by atoms with Gasteiger partial charge in [-0.1, -0.05) is 31.2 Å². The average molecular weight is 399 g/mol.